The van der Waals surface area contributed by atoms with Gasteiger partial charge in [0.2, 0.25) is 0 Å². The Hall–Kier alpha value is -2.88. The first-order chi connectivity index (χ1) is 15.1. The highest BCUT2D eigenvalue weighted by Crippen LogP contribution is 2.56. The van der Waals surface area contributed by atoms with E-state index in [0.717, 1.165) is 40.2 Å². The number of nitrogens with one attached hydrogen (secondary N) is 1. The van der Waals surface area contributed by atoms with E-state index in [9.17, 15) is 5.11 Å². The molecule has 2 N–H and O–H groups in total. The van der Waals surface area contributed by atoms with Gasteiger partial charge in [0.1, 0.15) is 11.5 Å². The van der Waals surface area contributed by atoms with Gasteiger partial charge in [-0.3, -0.25) is 0 Å². The van der Waals surface area contributed by atoms with Crippen molar-refractivity contribution in [2.75, 3.05) is 5.32 Å². The number of anilines is 1. The van der Waals surface area contributed by atoms with Gasteiger partial charge in [-0.15, -0.1) is 0 Å². The zero-order valence-corrected chi connectivity index (χ0v) is 18.0. The van der Waals surface area contributed by atoms with Gasteiger partial charge in [0.25, 0.3) is 0 Å². The predicted octanol–water partition coefficient (Wildman–Crippen LogP) is 6.38. The number of rotatable bonds is 4. The van der Waals surface area contributed by atoms with Gasteiger partial charge in [0, 0.05) is 17.2 Å². The fourth-order valence-electron chi connectivity index (χ4n) is 6.66. The average Bonchev–Trinajstić information content (AvgIpc) is 2.73. The largest absolute Gasteiger partial charge is 0.507 e. The lowest BCUT2D eigenvalue weighted by atomic mass is 9.53. The number of para-hydroxylation sites is 2. The Morgan fingerprint density at radius 2 is 1.48 bits per heavy atom. The molecule has 1 aromatic heterocycles. The molecule has 4 heteroatoms. The molecule has 3 aromatic rings. The fraction of sp³-hybridized carbons (Fsp3) is 0.407. The maximum absolute atomic E-state index is 10.9. The van der Waals surface area contributed by atoms with Gasteiger partial charge in [0.15, 0.2) is 5.82 Å². The van der Waals surface area contributed by atoms with Crippen LogP contribution in [-0.2, 0) is 0 Å². The molecule has 0 amide bonds. The number of aliphatic hydroxyl groups excluding tert-OH is 1. The molecule has 4 aliphatic carbocycles. The molecule has 0 atom stereocenters. The van der Waals surface area contributed by atoms with Crippen LogP contribution in [-0.4, -0.2) is 20.6 Å². The summed E-state index contributed by atoms with van der Waals surface area (Å²) in [4.78, 5) is 9.88. The lowest BCUT2D eigenvalue weighted by molar-refractivity contribution is 0.0105. The van der Waals surface area contributed by atoms with Crippen LogP contribution in [0.3, 0.4) is 0 Å². The minimum absolute atomic E-state index is 0.133. The molecule has 4 nitrogen and oxygen atoms in total. The number of nitrogens with zero attached hydrogens (tertiary/aromatic N) is 2. The quantitative estimate of drug-likeness (QED) is 0.489. The monoisotopic (exact) mass is 411 g/mol. The molecular formula is C27H29N3O. The number of fused-ring (bicyclic) bond motifs is 1. The molecule has 0 spiro atoms. The highest BCUT2D eigenvalue weighted by Gasteiger charge is 2.51. The summed E-state index contributed by atoms with van der Waals surface area (Å²) in [6.07, 6.45) is 9.71. The lowest BCUT2D eigenvalue weighted by Gasteiger charge is -2.57. The maximum atomic E-state index is 10.9. The Bertz CT molecular complexity index is 1130. The first kappa shape index (κ1) is 18.9. The highest BCUT2D eigenvalue weighted by atomic mass is 16.3. The Morgan fingerprint density at radius 1 is 0.903 bits per heavy atom. The smallest absolute Gasteiger partial charge is 0.153 e. The van der Waals surface area contributed by atoms with E-state index >= 15 is 0 Å². The molecule has 1 heterocycles. The molecule has 2 aromatic carbocycles. The number of hydrogen-bond donors (Lipinski definition) is 2. The van der Waals surface area contributed by atoms with Crippen LogP contribution in [0, 0.1) is 24.7 Å². The Balaban J connectivity index is 1.41. The van der Waals surface area contributed by atoms with E-state index in [-0.39, 0.29) is 11.3 Å². The average molecular weight is 412 g/mol. The molecule has 4 aliphatic rings. The van der Waals surface area contributed by atoms with Crippen LogP contribution >= 0.6 is 0 Å². The van der Waals surface area contributed by atoms with Crippen molar-refractivity contribution in [1.29, 1.82) is 0 Å². The third-order valence-electron chi connectivity index (χ3n) is 7.64. The highest BCUT2D eigenvalue weighted by molar-refractivity contribution is 5.84. The molecule has 31 heavy (non-hydrogen) atoms. The van der Waals surface area contributed by atoms with Crippen LogP contribution in [0.2, 0.25) is 0 Å². The number of benzene rings is 2. The van der Waals surface area contributed by atoms with Crippen molar-refractivity contribution in [2.45, 2.75) is 51.0 Å². The molecule has 158 valence electrons. The van der Waals surface area contributed by atoms with E-state index in [0.29, 0.717) is 5.69 Å². The zero-order chi connectivity index (χ0) is 21.0. The van der Waals surface area contributed by atoms with E-state index in [1.807, 2.05) is 55.5 Å². The van der Waals surface area contributed by atoms with Crippen molar-refractivity contribution in [3.8, 4) is 0 Å². The summed E-state index contributed by atoms with van der Waals surface area (Å²) in [6.45, 7) is 2.05. The van der Waals surface area contributed by atoms with Gasteiger partial charge in [-0.25, -0.2) is 9.97 Å². The first-order valence-electron chi connectivity index (χ1n) is 11.6. The van der Waals surface area contributed by atoms with Crippen LogP contribution in [0.1, 0.15) is 55.3 Å². The third-order valence-corrected chi connectivity index (χ3v) is 7.64. The van der Waals surface area contributed by atoms with Gasteiger partial charge < -0.3 is 10.4 Å². The van der Waals surface area contributed by atoms with Crippen molar-refractivity contribution < 1.29 is 5.11 Å². The van der Waals surface area contributed by atoms with Gasteiger partial charge in [-0.1, -0.05) is 42.0 Å². The van der Waals surface area contributed by atoms with Crippen LogP contribution in [0.4, 0.5) is 5.82 Å². The van der Waals surface area contributed by atoms with E-state index in [2.05, 4.69) is 5.32 Å². The first-order valence-corrected chi connectivity index (χ1v) is 11.6. The predicted molar refractivity (Wildman–Crippen MR) is 126 cm³/mol. The number of aliphatic hydroxyl groups is 1. The van der Waals surface area contributed by atoms with Crippen molar-refractivity contribution >= 4 is 28.7 Å². The molecule has 0 aliphatic heterocycles. The molecule has 7 rings (SSSR count). The summed E-state index contributed by atoms with van der Waals surface area (Å²) in [5.74, 6) is 3.59. The lowest BCUT2D eigenvalue weighted by Crippen LogP contribution is -2.55. The van der Waals surface area contributed by atoms with E-state index < -0.39 is 0 Å². The maximum Gasteiger partial charge on any atom is 0.153 e. The number of aromatic nitrogens is 2. The van der Waals surface area contributed by atoms with E-state index in [4.69, 9.17) is 9.97 Å². The van der Waals surface area contributed by atoms with Crippen molar-refractivity contribution in [3.05, 3.63) is 65.4 Å². The van der Waals surface area contributed by atoms with Crippen LogP contribution in [0.5, 0.6) is 0 Å². The Morgan fingerprint density at radius 3 is 2.10 bits per heavy atom. The minimum atomic E-state index is 0.133. The van der Waals surface area contributed by atoms with Crippen molar-refractivity contribution in [3.63, 3.8) is 0 Å². The van der Waals surface area contributed by atoms with Gasteiger partial charge >= 0.3 is 0 Å². The molecule has 4 bridgehead atoms. The summed E-state index contributed by atoms with van der Waals surface area (Å²) in [5.41, 5.74) is 4.55. The summed E-state index contributed by atoms with van der Waals surface area (Å²) in [6, 6.07) is 15.9. The number of aryl methyl sites for hydroxylation is 1. The van der Waals surface area contributed by atoms with Crippen molar-refractivity contribution in [2.24, 2.45) is 17.8 Å². The summed E-state index contributed by atoms with van der Waals surface area (Å²) in [5, 5.41) is 14.7. The standard InChI is InChI=1S/C27H29N3O/c1-17-6-8-21(9-7-17)25(31)13-24-26(29-23-5-3-2-4-22(23)28-24)30-27-14-18-10-19(15-27)12-20(11-18)16-27/h2-9,13,18-20,31H,10-12,14-16H2,1H3,(H,29,30). The van der Waals surface area contributed by atoms with Crippen molar-refractivity contribution in [1.82, 2.24) is 9.97 Å². The molecule has 4 fully saturated rings. The second kappa shape index (κ2) is 7.08. The Labute approximate surface area is 183 Å². The number of hydrogen-bond acceptors (Lipinski definition) is 4. The van der Waals surface area contributed by atoms with Crippen LogP contribution in [0.15, 0.2) is 48.5 Å². The molecule has 4 saturated carbocycles. The fourth-order valence-corrected chi connectivity index (χ4v) is 6.66. The second-order valence-corrected chi connectivity index (χ2v) is 10.2. The third kappa shape index (κ3) is 3.48. The van der Waals surface area contributed by atoms with Gasteiger partial charge in [-0.05, 0) is 75.3 Å². The Kier molecular flexibility index (Phi) is 4.31. The SMILES string of the molecule is Cc1ccc(C(O)=Cc2nc3ccccc3nc2NC23CC4CC(CC(C4)C2)C3)cc1. The summed E-state index contributed by atoms with van der Waals surface area (Å²) in [7, 11) is 0. The normalized spacial score (nSPS) is 29.5. The topological polar surface area (TPSA) is 58.0 Å². The van der Waals surface area contributed by atoms with Gasteiger partial charge in [-0.2, -0.15) is 0 Å². The molecule has 0 radical (unpaired) electrons. The molecule has 0 saturated heterocycles. The van der Waals surface area contributed by atoms with Gasteiger partial charge in [0.05, 0.1) is 11.0 Å². The van der Waals surface area contributed by atoms with E-state index in [1.54, 1.807) is 6.08 Å². The minimum Gasteiger partial charge on any atom is -0.507 e. The van der Waals surface area contributed by atoms with E-state index in [1.165, 1.54) is 44.1 Å². The summed E-state index contributed by atoms with van der Waals surface area (Å²) < 4.78 is 0. The summed E-state index contributed by atoms with van der Waals surface area (Å²) >= 11 is 0. The molecular weight excluding hydrogens is 382 g/mol. The second-order valence-electron chi connectivity index (χ2n) is 10.2. The van der Waals surface area contributed by atoms with Crippen LogP contribution < -0.4 is 5.32 Å². The molecule has 0 unspecified atom stereocenters. The van der Waals surface area contributed by atoms with Crippen LogP contribution in [0.25, 0.3) is 22.9 Å². The zero-order valence-electron chi connectivity index (χ0n) is 18.0.